The molecule has 0 spiro atoms. The molecule has 2 fully saturated rings. The third-order valence-electron chi connectivity index (χ3n) is 5.58. The molecule has 0 aliphatic carbocycles. The second-order valence-electron chi connectivity index (χ2n) is 7.59. The molecule has 3 aromatic rings. The van der Waals surface area contributed by atoms with Crippen LogP contribution in [0.5, 0.6) is 0 Å². The van der Waals surface area contributed by atoms with Gasteiger partial charge in [-0.15, -0.1) is 0 Å². The van der Waals surface area contributed by atoms with E-state index in [1.54, 1.807) is 0 Å². The van der Waals surface area contributed by atoms with E-state index in [1.807, 2.05) is 42.5 Å². The third-order valence-corrected chi connectivity index (χ3v) is 5.58. The number of aliphatic hydroxyl groups is 1. The SMILES string of the molecule is O[C@@H]1[C@H](OCc2ccc3ccccc3c2)[C@@H](OCc2ccccc2)[C@@H]2OC[C@H]1O2. The molecule has 150 valence electrons. The Balaban J connectivity index is 1.31. The van der Waals surface area contributed by atoms with Gasteiger partial charge >= 0.3 is 0 Å². The predicted octanol–water partition coefficient (Wildman–Crippen LogP) is 3.43. The van der Waals surface area contributed by atoms with Crippen molar-refractivity contribution in [1.29, 1.82) is 0 Å². The molecular weight excluding hydrogens is 368 g/mol. The molecule has 0 aromatic heterocycles. The first-order chi connectivity index (χ1) is 14.3. The summed E-state index contributed by atoms with van der Waals surface area (Å²) in [7, 11) is 0. The highest BCUT2D eigenvalue weighted by atomic mass is 16.8. The van der Waals surface area contributed by atoms with Crippen molar-refractivity contribution < 1.29 is 24.1 Å². The molecule has 0 saturated carbocycles. The first-order valence-electron chi connectivity index (χ1n) is 9.98. The van der Waals surface area contributed by atoms with Gasteiger partial charge in [-0.05, 0) is 28.0 Å². The smallest absolute Gasteiger partial charge is 0.187 e. The Bertz CT molecular complexity index is 960. The van der Waals surface area contributed by atoms with Gasteiger partial charge in [0.2, 0.25) is 0 Å². The van der Waals surface area contributed by atoms with Gasteiger partial charge in [-0.25, -0.2) is 0 Å². The quantitative estimate of drug-likeness (QED) is 0.697. The lowest BCUT2D eigenvalue weighted by atomic mass is 10.0. The Hall–Kier alpha value is -2.28. The van der Waals surface area contributed by atoms with Crippen molar-refractivity contribution in [2.75, 3.05) is 6.61 Å². The molecule has 5 atom stereocenters. The average Bonchev–Trinajstić information content (AvgIpc) is 3.21. The van der Waals surface area contributed by atoms with Gasteiger partial charge < -0.3 is 24.1 Å². The molecular formula is C24H24O5. The van der Waals surface area contributed by atoms with Gasteiger partial charge in [0, 0.05) is 0 Å². The van der Waals surface area contributed by atoms with E-state index in [9.17, 15) is 5.11 Å². The van der Waals surface area contributed by atoms with Gasteiger partial charge in [0.25, 0.3) is 0 Å². The molecule has 5 heteroatoms. The van der Waals surface area contributed by atoms with Crippen LogP contribution in [0.1, 0.15) is 11.1 Å². The van der Waals surface area contributed by atoms with Crippen LogP contribution in [0.25, 0.3) is 10.8 Å². The van der Waals surface area contributed by atoms with E-state index >= 15 is 0 Å². The van der Waals surface area contributed by atoms with Crippen molar-refractivity contribution in [2.45, 2.75) is 43.9 Å². The molecule has 2 aliphatic rings. The van der Waals surface area contributed by atoms with E-state index in [0.717, 1.165) is 11.1 Å². The maximum Gasteiger partial charge on any atom is 0.187 e. The molecule has 3 aromatic carbocycles. The summed E-state index contributed by atoms with van der Waals surface area (Å²) in [6, 6.07) is 24.4. The minimum atomic E-state index is -0.796. The Kier molecular flexibility index (Phi) is 5.31. The lowest BCUT2D eigenvalue weighted by Crippen LogP contribution is -2.55. The first-order valence-corrected chi connectivity index (χ1v) is 9.98. The van der Waals surface area contributed by atoms with Gasteiger partial charge in [0.15, 0.2) is 6.29 Å². The van der Waals surface area contributed by atoms with E-state index in [0.29, 0.717) is 19.8 Å². The standard InChI is InChI=1S/C24H24O5/c25-21-20-15-28-24(29-20)23(27-13-16-6-2-1-3-7-16)22(21)26-14-17-10-11-18-8-4-5-9-19(18)12-17/h1-12,20-25H,13-15H2/t20-,21+,22+,23-,24-/m1/s1. The topological polar surface area (TPSA) is 57.2 Å². The highest BCUT2D eigenvalue weighted by Crippen LogP contribution is 2.33. The van der Waals surface area contributed by atoms with E-state index in [1.165, 1.54) is 10.8 Å². The van der Waals surface area contributed by atoms with Gasteiger partial charge in [0.1, 0.15) is 24.4 Å². The van der Waals surface area contributed by atoms with Gasteiger partial charge in [-0.2, -0.15) is 0 Å². The van der Waals surface area contributed by atoms with Crippen molar-refractivity contribution in [3.8, 4) is 0 Å². The van der Waals surface area contributed by atoms with Crippen molar-refractivity contribution in [1.82, 2.24) is 0 Å². The Morgan fingerprint density at radius 2 is 1.52 bits per heavy atom. The van der Waals surface area contributed by atoms with E-state index in [4.69, 9.17) is 18.9 Å². The number of hydrogen-bond donors (Lipinski definition) is 1. The van der Waals surface area contributed by atoms with Crippen LogP contribution >= 0.6 is 0 Å². The summed E-state index contributed by atoms with van der Waals surface area (Å²) in [5.74, 6) is 0. The number of ether oxygens (including phenoxy) is 4. The van der Waals surface area contributed by atoms with Crippen LogP contribution < -0.4 is 0 Å². The van der Waals surface area contributed by atoms with Crippen LogP contribution in [0.15, 0.2) is 72.8 Å². The number of rotatable bonds is 6. The van der Waals surface area contributed by atoms with Gasteiger partial charge in [-0.1, -0.05) is 66.7 Å². The van der Waals surface area contributed by atoms with Crippen molar-refractivity contribution in [3.05, 3.63) is 83.9 Å². The average molecular weight is 392 g/mol. The third kappa shape index (κ3) is 3.92. The fourth-order valence-corrected chi connectivity index (χ4v) is 4.01. The zero-order chi connectivity index (χ0) is 19.6. The Labute approximate surface area is 169 Å². The zero-order valence-electron chi connectivity index (χ0n) is 16.0. The fourth-order valence-electron chi connectivity index (χ4n) is 4.01. The summed E-state index contributed by atoms with van der Waals surface area (Å²) in [6.07, 6.45) is -2.71. The highest BCUT2D eigenvalue weighted by molar-refractivity contribution is 5.82. The zero-order valence-corrected chi connectivity index (χ0v) is 16.0. The fraction of sp³-hybridized carbons (Fsp3) is 0.333. The van der Waals surface area contributed by atoms with E-state index in [2.05, 4.69) is 30.3 Å². The van der Waals surface area contributed by atoms with Crippen molar-refractivity contribution in [3.63, 3.8) is 0 Å². The largest absolute Gasteiger partial charge is 0.387 e. The Morgan fingerprint density at radius 3 is 2.38 bits per heavy atom. The number of benzene rings is 3. The summed E-state index contributed by atoms with van der Waals surface area (Å²) < 4.78 is 23.8. The normalized spacial score (nSPS) is 28.7. The predicted molar refractivity (Wildman–Crippen MR) is 108 cm³/mol. The van der Waals surface area contributed by atoms with Crippen LogP contribution in [-0.4, -0.2) is 42.4 Å². The second-order valence-corrected chi connectivity index (χ2v) is 7.59. The highest BCUT2D eigenvalue weighted by Gasteiger charge is 2.51. The summed E-state index contributed by atoms with van der Waals surface area (Å²) in [6.45, 7) is 1.14. The second kappa shape index (κ2) is 8.22. The molecule has 1 N–H and O–H groups in total. The van der Waals surface area contributed by atoms with Crippen molar-refractivity contribution in [2.24, 2.45) is 0 Å². The van der Waals surface area contributed by atoms with Gasteiger partial charge in [0.05, 0.1) is 19.8 Å². The summed E-state index contributed by atoms with van der Waals surface area (Å²) in [5.41, 5.74) is 2.10. The maximum absolute atomic E-state index is 10.8. The molecule has 0 radical (unpaired) electrons. The molecule has 2 heterocycles. The molecule has 2 saturated heterocycles. The lowest BCUT2D eigenvalue weighted by molar-refractivity contribution is -0.258. The minimum absolute atomic E-state index is 0.354. The number of aliphatic hydroxyl groups excluding tert-OH is 1. The molecule has 2 bridgehead atoms. The summed E-state index contributed by atoms with van der Waals surface area (Å²) >= 11 is 0. The summed E-state index contributed by atoms with van der Waals surface area (Å²) in [4.78, 5) is 0. The van der Waals surface area contributed by atoms with Gasteiger partial charge in [-0.3, -0.25) is 0 Å². The van der Waals surface area contributed by atoms with Crippen LogP contribution in [-0.2, 0) is 32.2 Å². The maximum atomic E-state index is 10.8. The van der Waals surface area contributed by atoms with Crippen molar-refractivity contribution >= 4 is 10.8 Å². The molecule has 29 heavy (non-hydrogen) atoms. The molecule has 5 nitrogen and oxygen atoms in total. The summed E-state index contributed by atoms with van der Waals surface area (Å²) in [5, 5.41) is 13.1. The molecule has 0 unspecified atom stereocenters. The number of hydrogen-bond acceptors (Lipinski definition) is 5. The minimum Gasteiger partial charge on any atom is -0.387 e. The first kappa shape index (κ1) is 18.7. The van der Waals surface area contributed by atoms with Crippen LogP contribution in [0.3, 0.4) is 0 Å². The van der Waals surface area contributed by atoms with E-state index in [-0.39, 0.29) is 6.10 Å². The molecule has 0 amide bonds. The molecule has 2 aliphatic heterocycles. The monoisotopic (exact) mass is 392 g/mol. The number of fused-ring (bicyclic) bond motifs is 3. The van der Waals surface area contributed by atoms with Crippen LogP contribution in [0.2, 0.25) is 0 Å². The van der Waals surface area contributed by atoms with E-state index < -0.39 is 24.6 Å². The molecule has 5 rings (SSSR count). The van der Waals surface area contributed by atoms with Crippen LogP contribution in [0.4, 0.5) is 0 Å². The Morgan fingerprint density at radius 1 is 0.793 bits per heavy atom. The lowest BCUT2D eigenvalue weighted by Gasteiger charge is -2.38. The van der Waals surface area contributed by atoms with Crippen LogP contribution in [0, 0.1) is 0 Å².